The molecular weight excluding hydrogens is 380 g/mol. The summed E-state index contributed by atoms with van der Waals surface area (Å²) in [5.41, 5.74) is 0. The molecule has 2 rings (SSSR count). The smallest absolute Gasteiger partial charge is 0.243 e. The number of quaternary nitrogens is 1. The molecule has 0 bridgehead atoms. The van der Waals surface area contributed by atoms with Crippen LogP contribution in [-0.2, 0) is 10.0 Å². The normalized spacial score (nSPS) is 16.2. The lowest BCUT2D eigenvalue weighted by Gasteiger charge is -2.35. The van der Waals surface area contributed by atoms with Crippen molar-refractivity contribution in [2.45, 2.75) is 11.3 Å². The lowest BCUT2D eigenvalue weighted by molar-refractivity contribution is -0.858. The van der Waals surface area contributed by atoms with E-state index in [9.17, 15) is 8.42 Å². The van der Waals surface area contributed by atoms with Crippen molar-refractivity contribution >= 4 is 39.0 Å². The van der Waals surface area contributed by atoms with Gasteiger partial charge in [0.05, 0.1) is 25.5 Å². The number of thiocarbonyl (C=S) groups is 1. The van der Waals surface area contributed by atoms with E-state index in [0.717, 1.165) is 19.5 Å². The Morgan fingerprint density at radius 1 is 1.28 bits per heavy atom. The summed E-state index contributed by atoms with van der Waals surface area (Å²) >= 11 is 11.3. The molecule has 9 heteroatoms. The Morgan fingerprint density at radius 2 is 1.96 bits per heavy atom. The van der Waals surface area contributed by atoms with Crippen LogP contribution < -0.4 is 10.2 Å². The van der Waals surface area contributed by atoms with Crippen molar-refractivity contribution in [3.63, 3.8) is 0 Å². The van der Waals surface area contributed by atoms with Crippen LogP contribution in [0.15, 0.2) is 29.2 Å². The molecule has 1 aliphatic rings. The van der Waals surface area contributed by atoms with E-state index in [0.29, 0.717) is 36.3 Å². The van der Waals surface area contributed by atoms with E-state index in [1.807, 2.05) is 4.90 Å². The van der Waals surface area contributed by atoms with Gasteiger partial charge in [-0.2, -0.15) is 4.31 Å². The van der Waals surface area contributed by atoms with Crippen LogP contribution in [0.25, 0.3) is 0 Å². The maximum Gasteiger partial charge on any atom is 0.243 e. The van der Waals surface area contributed by atoms with E-state index in [2.05, 4.69) is 19.4 Å². The number of nitrogens with one attached hydrogen (secondary N) is 2. The molecule has 1 heterocycles. The average Bonchev–Trinajstić information content (AvgIpc) is 2.58. The molecule has 0 amide bonds. The summed E-state index contributed by atoms with van der Waals surface area (Å²) in [6, 6.07) is 6.38. The first-order valence-corrected chi connectivity index (χ1v) is 10.6. The largest absolute Gasteiger partial charge is 0.362 e. The predicted molar refractivity (Wildman–Crippen MR) is 105 cm³/mol. The van der Waals surface area contributed by atoms with Gasteiger partial charge in [-0.1, -0.05) is 17.7 Å². The van der Waals surface area contributed by atoms with Crippen molar-refractivity contribution in [3.05, 3.63) is 29.3 Å². The first-order valence-electron chi connectivity index (χ1n) is 8.38. The molecule has 1 aromatic rings. The number of piperazine rings is 1. The van der Waals surface area contributed by atoms with Gasteiger partial charge in [0.25, 0.3) is 0 Å². The number of rotatable bonds is 6. The predicted octanol–water partition coefficient (Wildman–Crippen LogP) is 0.0554. The molecule has 1 fully saturated rings. The molecule has 140 valence electrons. The standard InChI is InChI=1S/C16H25ClN4O2S2/c1-19(2)8-4-7-18-16(24)20-9-11-21(12-10-20)25(22,23)15-6-3-5-14(17)13-15/h3,5-6,13H,4,7-12H2,1-2H3,(H,18,24)/p+1. The maximum atomic E-state index is 12.7. The third-order valence-electron chi connectivity index (χ3n) is 4.09. The third kappa shape index (κ3) is 5.79. The van der Waals surface area contributed by atoms with Crippen molar-refractivity contribution in [1.82, 2.24) is 14.5 Å². The van der Waals surface area contributed by atoms with Crippen molar-refractivity contribution in [1.29, 1.82) is 0 Å². The first kappa shape index (κ1) is 20.4. The topological polar surface area (TPSA) is 57.1 Å². The van der Waals surface area contributed by atoms with E-state index < -0.39 is 10.0 Å². The SMILES string of the molecule is C[NH+](C)CCCNC(=S)N1CCN(S(=O)(=O)c2cccc(Cl)c2)CC1. The van der Waals surface area contributed by atoms with Crippen molar-refractivity contribution in [2.75, 3.05) is 53.4 Å². The Labute approximate surface area is 160 Å². The molecule has 0 aliphatic carbocycles. The van der Waals surface area contributed by atoms with Gasteiger partial charge in [-0.05, 0) is 30.4 Å². The second-order valence-electron chi connectivity index (χ2n) is 6.39. The summed E-state index contributed by atoms with van der Waals surface area (Å²) in [5, 5.41) is 4.38. The first-order chi connectivity index (χ1) is 11.8. The minimum absolute atomic E-state index is 0.236. The van der Waals surface area contributed by atoms with Crippen LogP contribution in [0.1, 0.15) is 6.42 Å². The fourth-order valence-electron chi connectivity index (χ4n) is 2.66. The zero-order chi connectivity index (χ0) is 18.4. The van der Waals surface area contributed by atoms with Crippen LogP contribution >= 0.6 is 23.8 Å². The van der Waals surface area contributed by atoms with Crippen LogP contribution in [0, 0.1) is 0 Å². The van der Waals surface area contributed by atoms with E-state index in [4.69, 9.17) is 23.8 Å². The molecule has 0 atom stereocenters. The minimum atomic E-state index is -3.51. The van der Waals surface area contributed by atoms with Gasteiger partial charge in [0.1, 0.15) is 0 Å². The minimum Gasteiger partial charge on any atom is -0.362 e. The van der Waals surface area contributed by atoms with Crippen LogP contribution in [0.5, 0.6) is 0 Å². The fraction of sp³-hybridized carbons (Fsp3) is 0.562. The zero-order valence-electron chi connectivity index (χ0n) is 14.7. The highest BCUT2D eigenvalue weighted by atomic mass is 35.5. The highest BCUT2D eigenvalue weighted by Gasteiger charge is 2.29. The molecule has 0 saturated carbocycles. The number of hydrogen-bond acceptors (Lipinski definition) is 3. The molecule has 6 nitrogen and oxygen atoms in total. The summed E-state index contributed by atoms with van der Waals surface area (Å²) in [4.78, 5) is 3.68. The quantitative estimate of drug-likeness (QED) is 0.517. The summed E-state index contributed by atoms with van der Waals surface area (Å²) in [6.45, 7) is 3.93. The summed E-state index contributed by atoms with van der Waals surface area (Å²) in [7, 11) is 0.738. The Balaban J connectivity index is 1.85. The number of nitrogens with zero attached hydrogens (tertiary/aromatic N) is 2. The van der Waals surface area contributed by atoms with Gasteiger partial charge in [0, 0.05) is 44.2 Å². The maximum absolute atomic E-state index is 12.7. The fourth-order valence-corrected chi connectivity index (χ4v) is 4.67. The second kappa shape index (κ2) is 9.14. The molecule has 2 N–H and O–H groups in total. The lowest BCUT2D eigenvalue weighted by atomic mass is 10.4. The van der Waals surface area contributed by atoms with Crippen LogP contribution in [-0.4, -0.2) is 76.1 Å². The molecule has 25 heavy (non-hydrogen) atoms. The number of hydrogen-bond donors (Lipinski definition) is 2. The zero-order valence-corrected chi connectivity index (χ0v) is 17.1. The van der Waals surface area contributed by atoms with Gasteiger partial charge in [0.15, 0.2) is 5.11 Å². The molecule has 1 aliphatic heterocycles. The van der Waals surface area contributed by atoms with Gasteiger partial charge < -0.3 is 15.1 Å². The second-order valence-corrected chi connectivity index (χ2v) is 9.15. The summed E-state index contributed by atoms with van der Waals surface area (Å²) in [5.74, 6) is 0. The third-order valence-corrected chi connectivity index (χ3v) is 6.62. The van der Waals surface area contributed by atoms with E-state index in [1.54, 1.807) is 18.2 Å². The molecule has 0 radical (unpaired) electrons. The molecule has 0 aromatic heterocycles. The van der Waals surface area contributed by atoms with Gasteiger partial charge in [-0.25, -0.2) is 8.42 Å². The van der Waals surface area contributed by atoms with E-state index >= 15 is 0 Å². The van der Waals surface area contributed by atoms with Crippen LogP contribution in [0.3, 0.4) is 0 Å². The molecule has 0 unspecified atom stereocenters. The molecular formula is C16H26ClN4O2S2+. The van der Waals surface area contributed by atoms with Crippen molar-refractivity contribution < 1.29 is 13.3 Å². The van der Waals surface area contributed by atoms with Gasteiger partial charge >= 0.3 is 0 Å². The lowest BCUT2D eigenvalue weighted by Crippen LogP contribution is -3.05. The van der Waals surface area contributed by atoms with E-state index in [-0.39, 0.29) is 4.90 Å². The average molecular weight is 406 g/mol. The number of benzene rings is 1. The van der Waals surface area contributed by atoms with Gasteiger partial charge in [0.2, 0.25) is 10.0 Å². The Hall–Kier alpha value is -0.930. The Morgan fingerprint density at radius 3 is 2.56 bits per heavy atom. The highest BCUT2D eigenvalue weighted by molar-refractivity contribution is 7.89. The van der Waals surface area contributed by atoms with Crippen molar-refractivity contribution in [2.24, 2.45) is 0 Å². The monoisotopic (exact) mass is 405 g/mol. The summed E-state index contributed by atoms with van der Waals surface area (Å²) in [6.07, 6.45) is 1.05. The van der Waals surface area contributed by atoms with Gasteiger partial charge in [-0.3, -0.25) is 0 Å². The highest BCUT2D eigenvalue weighted by Crippen LogP contribution is 2.20. The Bertz CT molecular complexity index is 689. The number of sulfonamides is 1. The van der Waals surface area contributed by atoms with E-state index in [1.165, 1.54) is 15.3 Å². The van der Waals surface area contributed by atoms with Crippen molar-refractivity contribution in [3.8, 4) is 0 Å². The molecule has 1 aromatic carbocycles. The van der Waals surface area contributed by atoms with Crippen LogP contribution in [0.4, 0.5) is 0 Å². The summed E-state index contributed by atoms with van der Waals surface area (Å²) < 4.78 is 26.9. The van der Waals surface area contributed by atoms with Crippen LogP contribution in [0.2, 0.25) is 5.02 Å². The Kier molecular flexibility index (Phi) is 7.45. The molecule has 1 saturated heterocycles. The molecule has 0 spiro atoms. The van der Waals surface area contributed by atoms with Gasteiger partial charge in [-0.15, -0.1) is 0 Å². The number of halogens is 1.